The maximum atomic E-state index is 14.1. The normalized spacial score (nSPS) is 20.2. The number of imidazole rings is 1. The van der Waals surface area contributed by atoms with Gasteiger partial charge in [-0.25, -0.2) is 23.0 Å². The van der Waals surface area contributed by atoms with E-state index in [0.29, 0.717) is 35.5 Å². The number of morpholine rings is 1. The molecule has 0 bridgehead atoms. The van der Waals surface area contributed by atoms with Crippen LogP contribution in [0.4, 0.5) is 11.6 Å². The summed E-state index contributed by atoms with van der Waals surface area (Å²) in [5, 5.41) is 0.605. The Morgan fingerprint density at radius 3 is 2.42 bits per heavy atom. The van der Waals surface area contributed by atoms with E-state index < -0.39 is 15.6 Å². The molecule has 38 heavy (non-hydrogen) atoms. The van der Waals surface area contributed by atoms with Crippen LogP contribution in [0.3, 0.4) is 0 Å². The Kier molecular flexibility index (Phi) is 7.89. The highest BCUT2D eigenvalue weighted by Gasteiger charge is 2.51. The Hall–Kier alpha value is -1.99. The smallest absolute Gasteiger partial charge is 0.260 e. The standard InChI is InChI=1S/C25H26BrCl2N5O4S/c1-25(15-17-2-4-18(26)5-3-17)23(34)32(21-13-19(27)12-20(28)14-21)24-29-16-22(33(24)25)38(35,36)30-6-7-31-8-10-37-11-9-31/h2-5,12-14,16,30H,6-11,15H2,1H3. The molecule has 202 valence electrons. The monoisotopic (exact) mass is 641 g/mol. The molecular weight excluding hydrogens is 617 g/mol. The molecule has 1 fully saturated rings. The average Bonchev–Trinajstić information content (AvgIpc) is 3.39. The zero-order valence-corrected chi connectivity index (χ0v) is 24.4. The van der Waals surface area contributed by atoms with Crippen molar-refractivity contribution < 1.29 is 17.9 Å². The molecule has 2 aromatic carbocycles. The Labute approximate surface area is 239 Å². The van der Waals surface area contributed by atoms with E-state index in [9.17, 15) is 13.2 Å². The number of aromatic nitrogens is 2. The summed E-state index contributed by atoms with van der Waals surface area (Å²) in [5.74, 6) is -0.159. The first kappa shape index (κ1) is 27.6. The van der Waals surface area contributed by atoms with E-state index in [2.05, 4.69) is 30.5 Å². The number of carbonyl (C=O) groups excluding carboxylic acids is 1. The molecule has 0 spiro atoms. The van der Waals surface area contributed by atoms with Crippen molar-refractivity contribution in [2.75, 3.05) is 44.3 Å². The minimum absolute atomic E-state index is 0.0851. The second kappa shape index (κ2) is 10.9. The molecule has 3 aromatic rings. The van der Waals surface area contributed by atoms with E-state index in [1.54, 1.807) is 25.1 Å². The third-order valence-electron chi connectivity index (χ3n) is 6.73. The van der Waals surface area contributed by atoms with Gasteiger partial charge in [-0.1, -0.05) is 51.3 Å². The number of anilines is 2. The Morgan fingerprint density at radius 1 is 1.11 bits per heavy atom. The van der Waals surface area contributed by atoms with Gasteiger partial charge < -0.3 is 4.74 Å². The summed E-state index contributed by atoms with van der Waals surface area (Å²) in [5.41, 5.74) is -0.0237. The molecule has 1 amide bonds. The molecule has 13 heteroatoms. The highest BCUT2D eigenvalue weighted by molar-refractivity contribution is 9.10. The van der Waals surface area contributed by atoms with Gasteiger partial charge in [-0.05, 0) is 42.8 Å². The number of benzene rings is 2. The highest BCUT2D eigenvalue weighted by atomic mass is 79.9. The van der Waals surface area contributed by atoms with Gasteiger partial charge in [0.05, 0.1) is 25.1 Å². The summed E-state index contributed by atoms with van der Waals surface area (Å²) in [6.45, 7) is 5.24. The van der Waals surface area contributed by atoms with E-state index in [-0.39, 0.29) is 29.8 Å². The van der Waals surface area contributed by atoms with Crippen molar-refractivity contribution in [3.63, 3.8) is 0 Å². The summed E-state index contributed by atoms with van der Waals surface area (Å²) in [6.07, 6.45) is 1.53. The van der Waals surface area contributed by atoms with Crippen molar-refractivity contribution in [3.8, 4) is 0 Å². The van der Waals surface area contributed by atoms with Crippen LogP contribution in [0.25, 0.3) is 0 Å². The lowest BCUT2D eigenvalue weighted by Crippen LogP contribution is -2.44. The molecule has 1 saturated heterocycles. The minimum atomic E-state index is -4.00. The van der Waals surface area contributed by atoms with Crippen molar-refractivity contribution in [2.24, 2.45) is 0 Å². The van der Waals surface area contributed by atoms with Gasteiger partial charge in [0, 0.05) is 47.1 Å². The number of ether oxygens (including phenoxy) is 1. The van der Waals surface area contributed by atoms with E-state index in [0.717, 1.165) is 23.1 Å². The number of hydrogen-bond donors (Lipinski definition) is 1. The predicted molar refractivity (Wildman–Crippen MR) is 150 cm³/mol. The van der Waals surface area contributed by atoms with Crippen LogP contribution >= 0.6 is 39.1 Å². The second-order valence-corrected chi connectivity index (χ2v) is 12.9. The van der Waals surface area contributed by atoms with Gasteiger partial charge in [0.15, 0.2) is 5.03 Å². The van der Waals surface area contributed by atoms with Gasteiger partial charge >= 0.3 is 0 Å². The second-order valence-electron chi connectivity index (χ2n) is 9.43. The molecule has 1 atom stereocenters. The quantitative estimate of drug-likeness (QED) is 0.396. The van der Waals surface area contributed by atoms with Crippen LogP contribution in [-0.2, 0) is 31.5 Å². The summed E-state index contributed by atoms with van der Waals surface area (Å²) in [4.78, 5) is 22.0. The van der Waals surface area contributed by atoms with Crippen LogP contribution in [0.15, 0.2) is 58.2 Å². The number of fused-ring (bicyclic) bond motifs is 1. The van der Waals surface area contributed by atoms with E-state index in [1.165, 1.54) is 15.7 Å². The first-order chi connectivity index (χ1) is 18.1. The van der Waals surface area contributed by atoms with Crippen molar-refractivity contribution >= 4 is 66.7 Å². The molecule has 5 rings (SSSR count). The summed E-state index contributed by atoms with van der Waals surface area (Å²) < 4.78 is 37.5. The van der Waals surface area contributed by atoms with Crippen LogP contribution in [0.2, 0.25) is 10.0 Å². The topological polar surface area (TPSA) is 96.8 Å². The largest absolute Gasteiger partial charge is 0.379 e. The highest BCUT2D eigenvalue weighted by Crippen LogP contribution is 2.44. The minimum Gasteiger partial charge on any atom is -0.379 e. The Morgan fingerprint density at radius 2 is 1.76 bits per heavy atom. The number of hydrogen-bond acceptors (Lipinski definition) is 6. The number of amides is 1. The fourth-order valence-corrected chi connectivity index (χ4v) is 6.86. The zero-order valence-electron chi connectivity index (χ0n) is 20.5. The first-order valence-electron chi connectivity index (χ1n) is 12.0. The fraction of sp³-hybridized carbons (Fsp3) is 0.360. The summed E-state index contributed by atoms with van der Waals surface area (Å²) in [6, 6.07) is 12.3. The van der Waals surface area contributed by atoms with Crippen LogP contribution < -0.4 is 9.62 Å². The van der Waals surface area contributed by atoms with Gasteiger partial charge in [0.2, 0.25) is 5.95 Å². The molecule has 9 nitrogen and oxygen atoms in total. The molecule has 1 N–H and O–H groups in total. The lowest BCUT2D eigenvalue weighted by molar-refractivity contribution is -0.124. The third-order valence-corrected chi connectivity index (χ3v) is 9.12. The Balaban J connectivity index is 1.53. The molecule has 1 aromatic heterocycles. The van der Waals surface area contributed by atoms with Gasteiger partial charge in [-0.15, -0.1) is 0 Å². The molecule has 1 unspecified atom stereocenters. The predicted octanol–water partition coefficient (Wildman–Crippen LogP) is 4.20. The molecule has 2 aliphatic rings. The number of halogens is 3. The number of nitrogens with zero attached hydrogens (tertiary/aromatic N) is 4. The maximum Gasteiger partial charge on any atom is 0.260 e. The average molecular weight is 643 g/mol. The van der Waals surface area contributed by atoms with Crippen LogP contribution in [-0.4, -0.2) is 68.2 Å². The van der Waals surface area contributed by atoms with E-state index in [1.807, 2.05) is 24.3 Å². The van der Waals surface area contributed by atoms with Gasteiger partial charge in [0.1, 0.15) is 5.54 Å². The lowest BCUT2D eigenvalue weighted by atomic mass is 9.92. The van der Waals surface area contributed by atoms with E-state index >= 15 is 0 Å². The summed E-state index contributed by atoms with van der Waals surface area (Å²) in [7, 11) is -4.00. The number of sulfonamides is 1. The Bertz CT molecular complexity index is 1440. The molecule has 2 aliphatic heterocycles. The van der Waals surface area contributed by atoms with E-state index in [4.69, 9.17) is 27.9 Å². The number of carbonyl (C=O) groups is 1. The fourth-order valence-electron chi connectivity index (χ4n) is 4.86. The van der Waals surface area contributed by atoms with Crippen molar-refractivity contribution in [2.45, 2.75) is 23.9 Å². The zero-order chi connectivity index (χ0) is 27.1. The van der Waals surface area contributed by atoms with Crippen molar-refractivity contribution in [1.82, 2.24) is 19.2 Å². The molecular formula is C25H26BrCl2N5O4S. The van der Waals surface area contributed by atoms with Crippen molar-refractivity contribution in [3.05, 3.63) is 68.7 Å². The van der Waals surface area contributed by atoms with Crippen LogP contribution in [0.5, 0.6) is 0 Å². The third kappa shape index (κ3) is 5.38. The van der Waals surface area contributed by atoms with Gasteiger partial charge in [-0.2, -0.15) is 0 Å². The number of rotatable bonds is 8. The SMILES string of the molecule is CC1(Cc2ccc(Br)cc2)C(=O)N(c2cc(Cl)cc(Cl)c2)c2ncc(S(=O)(=O)NCCN3CCOCC3)n21. The van der Waals surface area contributed by atoms with Crippen LogP contribution in [0.1, 0.15) is 12.5 Å². The van der Waals surface area contributed by atoms with Crippen LogP contribution in [0, 0.1) is 0 Å². The van der Waals surface area contributed by atoms with Crippen molar-refractivity contribution in [1.29, 1.82) is 0 Å². The maximum absolute atomic E-state index is 14.1. The molecule has 0 saturated carbocycles. The summed E-state index contributed by atoms with van der Waals surface area (Å²) >= 11 is 15.9. The molecule has 3 heterocycles. The number of nitrogens with one attached hydrogen (secondary N) is 1. The molecule has 0 radical (unpaired) electrons. The lowest BCUT2D eigenvalue weighted by Gasteiger charge is -2.27. The van der Waals surface area contributed by atoms with Gasteiger partial charge in [0.25, 0.3) is 15.9 Å². The van der Waals surface area contributed by atoms with Gasteiger partial charge in [-0.3, -0.25) is 14.3 Å². The molecule has 0 aliphatic carbocycles. The first-order valence-corrected chi connectivity index (χ1v) is 15.0.